The Labute approximate surface area is 206 Å². The normalized spacial score (nSPS) is 17.1. The van der Waals surface area contributed by atoms with Crippen LogP contribution in [0.5, 0.6) is 11.5 Å². The highest BCUT2D eigenvalue weighted by Crippen LogP contribution is 2.31. The molecule has 1 aromatic heterocycles. The van der Waals surface area contributed by atoms with Gasteiger partial charge in [-0.15, -0.1) is 0 Å². The lowest BCUT2D eigenvalue weighted by atomic mass is 9.95. The number of hydrogen-bond donors (Lipinski definition) is 1. The van der Waals surface area contributed by atoms with E-state index in [2.05, 4.69) is 52.4 Å². The number of piperidine rings is 1. The third kappa shape index (κ3) is 5.82. The lowest BCUT2D eigenvalue weighted by Crippen LogP contribution is -2.43. The predicted molar refractivity (Wildman–Crippen MR) is 133 cm³/mol. The second-order valence-electron chi connectivity index (χ2n) is 9.25. The van der Waals surface area contributed by atoms with Gasteiger partial charge in [0.1, 0.15) is 0 Å². The Morgan fingerprint density at radius 1 is 1.17 bits per heavy atom. The van der Waals surface area contributed by atoms with Crippen molar-refractivity contribution in [1.82, 2.24) is 20.4 Å². The molecular weight excluding hydrogens is 444 g/mol. The summed E-state index contributed by atoms with van der Waals surface area (Å²) < 4.78 is 16.2. The van der Waals surface area contributed by atoms with Crippen molar-refractivity contribution in [1.29, 1.82) is 0 Å². The van der Waals surface area contributed by atoms with E-state index in [1.54, 1.807) is 14.2 Å². The highest BCUT2D eigenvalue weighted by atomic mass is 16.5. The number of nitrogens with one attached hydrogen (secondary N) is 1. The number of nitrogens with zero attached hydrogens (tertiary/aromatic N) is 3. The minimum Gasteiger partial charge on any atom is -0.493 e. The number of methoxy groups -OCH3 is 2. The summed E-state index contributed by atoms with van der Waals surface area (Å²) in [4.78, 5) is 19.8. The van der Waals surface area contributed by atoms with Crippen LogP contribution in [-0.2, 0) is 11.3 Å². The highest BCUT2D eigenvalue weighted by Gasteiger charge is 2.28. The summed E-state index contributed by atoms with van der Waals surface area (Å²) in [6, 6.07) is 11.8. The third-order valence-corrected chi connectivity index (χ3v) is 6.61. The molecule has 0 radical (unpaired) electrons. The molecule has 1 aliphatic heterocycles. The Kier molecular flexibility index (Phi) is 7.70. The zero-order valence-electron chi connectivity index (χ0n) is 21.1. The van der Waals surface area contributed by atoms with Crippen LogP contribution in [0.2, 0.25) is 0 Å². The lowest BCUT2D eigenvalue weighted by molar-refractivity contribution is -0.127. The fourth-order valence-electron chi connectivity index (χ4n) is 4.65. The van der Waals surface area contributed by atoms with Gasteiger partial charge in [0.15, 0.2) is 11.5 Å². The first kappa shape index (κ1) is 24.7. The van der Waals surface area contributed by atoms with Crippen LogP contribution < -0.4 is 14.8 Å². The van der Waals surface area contributed by atoms with Crippen molar-refractivity contribution in [3.63, 3.8) is 0 Å². The molecule has 35 heavy (non-hydrogen) atoms. The SMILES string of the molecule is COc1ccc(-c2noc(CN3CCCC(C(=O)NC(C)c4cc(C)ccc4C)C3)n2)cc1OC. The Balaban J connectivity index is 1.37. The van der Waals surface area contributed by atoms with E-state index in [4.69, 9.17) is 14.0 Å². The Bertz CT molecular complexity index is 1180. The maximum atomic E-state index is 13.1. The Morgan fingerprint density at radius 3 is 2.74 bits per heavy atom. The van der Waals surface area contributed by atoms with Crippen LogP contribution in [0.1, 0.15) is 48.4 Å². The minimum absolute atomic E-state index is 0.0298. The van der Waals surface area contributed by atoms with Crippen LogP contribution in [0.4, 0.5) is 0 Å². The molecule has 8 heteroatoms. The smallest absolute Gasteiger partial charge is 0.241 e. The van der Waals surface area contributed by atoms with Gasteiger partial charge in [-0.2, -0.15) is 4.98 Å². The second kappa shape index (κ2) is 10.9. The number of carbonyl (C=O) groups excluding carboxylic acids is 1. The molecule has 2 aromatic carbocycles. The van der Waals surface area contributed by atoms with Crippen molar-refractivity contribution in [2.75, 3.05) is 27.3 Å². The summed E-state index contributed by atoms with van der Waals surface area (Å²) in [7, 11) is 3.19. The second-order valence-corrected chi connectivity index (χ2v) is 9.25. The summed E-state index contributed by atoms with van der Waals surface area (Å²) in [5, 5.41) is 7.36. The first-order valence-corrected chi connectivity index (χ1v) is 12.0. The quantitative estimate of drug-likeness (QED) is 0.511. The fraction of sp³-hybridized carbons (Fsp3) is 0.444. The van der Waals surface area contributed by atoms with Crippen molar-refractivity contribution in [3.8, 4) is 22.9 Å². The van der Waals surface area contributed by atoms with Crippen molar-refractivity contribution < 1.29 is 18.8 Å². The van der Waals surface area contributed by atoms with E-state index in [9.17, 15) is 4.79 Å². The van der Waals surface area contributed by atoms with Gasteiger partial charge in [0.05, 0.1) is 32.7 Å². The number of amides is 1. The molecule has 2 unspecified atom stereocenters. The van der Waals surface area contributed by atoms with Gasteiger partial charge in [0.2, 0.25) is 17.6 Å². The van der Waals surface area contributed by atoms with E-state index in [-0.39, 0.29) is 17.9 Å². The summed E-state index contributed by atoms with van der Waals surface area (Å²) in [5.41, 5.74) is 4.34. The fourth-order valence-corrected chi connectivity index (χ4v) is 4.65. The van der Waals surface area contributed by atoms with E-state index in [1.165, 1.54) is 16.7 Å². The summed E-state index contributed by atoms with van der Waals surface area (Å²) in [6.45, 7) is 8.28. The van der Waals surface area contributed by atoms with Gasteiger partial charge in [-0.25, -0.2) is 0 Å². The number of aromatic nitrogens is 2. The number of carbonyl (C=O) groups is 1. The van der Waals surface area contributed by atoms with Crippen LogP contribution in [0.25, 0.3) is 11.4 Å². The van der Waals surface area contributed by atoms with Crippen molar-refractivity contribution >= 4 is 5.91 Å². The van der Waals surface area contributed by atoms with E-state index in [0.29, 0.717) is 36.3 Å². The molecule has 1 amide bonds. The molecule has 0 bridgehead atoms. The molecular formula is C27H34N4O4. The standard InChI is InChI=1S/C27H34N4O4/c1-17-8-9-18(2)22(13-17)19(3)28-27(32)21-7-6-12-31(15-21)16-25-29-26(30-35-25)20-10-11-23(33-4)24(14-20)34-5/h8-11,13-14,19,21H,6-7,12,15-16H2,1-5H3,(H,28,32). The third-order valence-electron chi connectivity index (χ3n) is 6.61. The molecule has 4 rings (SSSR count). The van der Waals surface area contributed by atoms with Gasteiger partial charge in [0, 0.05) is 12.1 Å². The lowest BCUT2D eigenvalue weighted by Gasteiger charge is -2.31. The topological polar surface area (TPSA) is 89.7 Å². The maximum absolute atomic E-state index is 13.1. The molecule has 2 atom stereocenters. The van der Waals surface area contributed by atoms with Crippen LogP contribution in [-0.4, -0.2) is 48.3 Å². The first-order chi connectivity index (χ1) is 16.9. The summed E-state index contributed by atoms with van der Waals surface area (Å²) in [5.74, 6) is 2.30. The van der Waals surface area contributed by atoms with Crippen LogP contribution >= 0.6 is 0 Å². The monoisotopic (exact) mass is 478 g/mol. The van der Waals surface area contributed by atoms with E-state index in [0.717, 1.165) is 24.9 Å². The predicted octanol–water partition coefficient (Wildman–Crippen LogP) is 4.46. The van der Waals surface area contributed by atoms with Crippen molar-refractivity contribution in [2.24, 2.45) is 5.92 Å². The molecule has 186 valence electrons. The molecule has 8 nitrogen and oxygen atoms in total. The van der Waals surface area contributed by atoms with E-state index < -0.39 is 0 Å². The van der Waals surface area contributed by atoms with Crippen molar-refractivity contribution in [3.05, 3.63) is 59.0 Å². The molecule has 1 aliphatic rings. The molecule has 0 spiro atoms. The maximum Gasteiger partial charge on any atom is 0.241 e. The summed E-state index contributed by atoms with van der Waals surface area (Å²) in [6.07, 6.45) is 1.83. The number of likely N-dealkylation sites (tertiary alicyclic amines) is 1. The van der Waals surface area contributed by atoms with Crippen LogP contribution in [0.15, 0.2) is 40.9 Å². The summed E-state index contributed by atoms with van der Waals surface area (Å²) >= 11 is 0. The van der Waals surface area contributed by atoms with E-state index in [1.807, 2.05) is 25.1 Å². The minimum atomic E-state index is -0.0652. The van der Waals surface area contributed by atoms with Crippen LogP contribution in [0.3, 0.4) is 0 Å². The van der Waals surface area contributed by atoms with Crippen molar-refractivity contribution in [2.45, 2.75) is 46.2 Å². The van der Waals surface area contributed by atoms with E-state index >= 15 is 0 Å². The molecule has 3 aromatic rings. The van der Waals surface area contributed by atoms with Gasteiger partial charge in [-0.1, -0.05) is 28.9 Å². The van der Waals surface area contributed by atoms with Gasteiger partial charge >= 0.3 is 0 Å². The average molecular weight is 479 g/mol. The average Bonchev–Trinajstić information content (AvgIpc) is 3.33. The molecule has 0 aliphatic carbocycles. The number of aryl methyl sites for hydroxylation is 2. The van der Waals surface area contributed by atoms with Gasteiger partial charge < -0.3 is 19.3 Å². The highest BCUT2D eigenvalue weighted by molar-refractivity contribution is 5.79. The first-order valence-electron chi connectivity index (χ1n) is 12.0. The number of hydrogen-bond acceptors (Lipinski definition) is 7. The molecule has 2 heterocycles. The number of ether oxygens (including phenoxy) is 2. The molecule has 1 saturated heterocycles. The molecule has 0 saturated carbocycles. The van der Waals surface area contributed by atoms with Crippen LogP contribution in [0, 0.1) is 19.8 Å². The zero-order valence-corrected chi connectivity index (χ0v) is 21.1. The Morgan fingerprint density at radius 2 is 1.97 bits per heavy atom. The number of benzene rings is 2. The Hall–Kier alpha value is -3.39. The number of rotatable bonds is 8. The van der Waals surface area contributed by atoms with Gasteiger partial charge in [-0.05, 0) is 69.5 Å². The molecule has 1 N–H and O–H groups in total. The van der Waals surface area contributed by atoms with Gasteiger partial charge in [0.25, 0.3) is 0 Å². The largest absolute Gasteiger partial charge is 0.493 e. The van der Waals surface area contributed by atoms with Gasteiger partial charge in [-0.3, -0.25) is 9.69 Å². The zero-order chi connectivity index (χ0) is 24.9. The molecule has 1 fully saturated rings.